The summed E-state index contributed by atoms with van der Waals surface area (Å²) in [5, 5.41) is 3.17. The molecule has 4 rings (SSSR count). The molecule has 3 aromatic heterocycles. The second-order valence-corrected chi connectivity index (χ2v) is 5.91. The van der Waals surface area contributed by atoms with Crippen molar-refractivity contribution in [2.24, 2.45) is 0 Å². The van der Waals surface area contributed by atoms with Crippen LogP contribution in [0.5, 0.6) is 0 Å². The molecule has 27 heavy (non-hydrogen) atoms. The Labute approximate surface area is 156 Å². The smallest absolute Gasteiger partial charge is 0.325 e. The number of nitrogens with one attached hydrogen (secondary N) is 1. The van der Waals surface area contributed by atoms with Gasteiger partial charge in [0.15, 0.2) is 0 Å². The summed E-state index contributed by atoms with van der Waals surface area (Å²) >= 11 is 0. The predicted molar refractivity (Wildman–Crippen MR) is 103 cm³/mol. The Hall–Kier alpha value is -3.61. The van der Waals surface area contributed by atoms with Crippen LogP contribution in [0.2, 0.25) is 0 Å². The Morgan fingerprint density at radius 2 is 2.00 bits per heavy atom. The minimum atomic E-state index is -0.301. The average Bonchev–Trinajstić information content (AvgIpc) is 3.35. The van der Waals surface area contributed by atoms with Gasteiger partial charge in [0.2, 0.25) is 0 Å². The summed E-state index contributed by atoms with van der Waals surface area (Å²) < 4.78 is 8.88. The Balaban J connectivity index is 1.70. The van der Waals surface area contributed by atoms with Gasteiger partial charge in [-0.25, -0.2) is 9.97 Å². The van der Waals surface area contributed by atoms with Gasteiger partial charge in [-0.05, 0) is 31.2 Å². The van der Waals surface area contributed by atoms with Crippen molar-refractivity contribution in [1.82, 2.24) is 18.9 Å². The van der Waals surface area contributed by atoms with Gasteiger partial charge >= 0.3 is 5.97 Å². The van der Waals surface area contributed by atoms with E-state index in [1.165, 1.54) is 0 Å². The van der Waals surface area contributed by atoms with Gasteiger partial charge in [0.25, 0.3) is 0 Å². The van der Waals surface area contributed by atoms with Gasteiger partial charge < -0.3 is 14.6 Å². The van der Waals surface area contributed by atoms with E-state index in [2.05, 4.69) is 10.3 Å². The molecule has 0 bridgehead atoms. The average molecular weight is 361 g/mol. The van der Waals surface area contributed by atoms with Gasteiger partial charge in [0.1, 0.15) is 23.7 Å². The van der Waals surface area contributed by atoms with E-state index in [1.807, 2.05) is 63.8 Å². The van der Waals surface area contributed by atoms with Crippen LogP contribution in [-0.4, -0.2) is 38.1 Å². The van der Waals surface area contributed by atoms with Gasteiger partial charge in [-0.15, -0.1) is 0 Å². The van der Waals surface area contributed by atoms with Crippen LogP contribution in [0.1, 0.15) is 6.92 Å². The fraction of sp³-hybridized carbons (Fsp3) is 0.150. The number of ether oxygens (including phenoxy) is 1. The molecule has 0 aliphatic rings. The molecule has 7 heteroatoms. The minimum absolute atomic E-state index is 0.0800. The van der Waals surface area contributed by atoms with Crippen molar-refractivity contribution in [2.75, 3.05) is 18.5 Å². The highest BCUT2D eigenvalue weighted by Crippen LogP contribution is 2.29. The van der Waals surface area contributed by atoms with Crippen molar-refractivity contribution in [3.8, 4) is 16.9 Å². The summed E-state index contributed by atoms with van der Waals surface area (Å²) in [6.45, 7) is 2.23. The normalized spacial score (nSPS) is 10.9. The van der Waals surface area contributed by atoms with Gasteiger partial charge in [-0.3, -0.25) is 9.20 Å². The van der Waals surface area contributed by atoms with Crippen LogP contribution in [0, 0.1) is 0 Å². The molecule has 0 unspecified atom stereocenters. The number of aromatic nitrogens is 4. The first kappa shape index (κ1) is 16.8. The molecule has 4 aromatic rings. The van der Waals surface area contributed by atoms with Crippen LogP contribution >= 0.6 is 0 Å². The number of hydrogen-bond donors (Lipinski definition) is 1. The number of esters is 1. The molecule has 1 aromatic carbocycles. The quantitative estimate of drug-likeness (QED) is 0.534. The molecule has 0 fully saturated rings. The Morgan fingerprint density at radius 1 is 1.15 bits per heavy atom. The zero-order valence-corrected chi connectivity index (χ0v) is 14.9. The first-order chi connectivity index (χ1) is 13.3. The number of pyridine rings is 1. The molecule has 0 amide bonds. The number of carbonyl (C=O) groups is 1. The van der Waals surface area contributed by atoms with Crippen LogP contribution in [0.4, 0.5) is 5.82 Å². The number of imidazole rings is 2. The lowest BCUT2D eigenvalue weighted by atomic mass is 10.1. The molecule has 0 atom stereocenters. The predicted octanol–water partition coefficient (Wildman–Crippen LogP) is 3.16. The van der Waals surface area contributed by atoms with Gasteiger partial charge in [0.05, 0.1) is 12.9 Å². The molecule has 0 spiro atoms. The maximum Gasteiger partial charge on any atom is 0.325 e. The molecule has 0 saturated carbocycles. The standard InChI is InChI=1S/C20H19N5O2/c1-2-27-18(26)13-22-20-19(23-17-5-3-4-11-25(17)20)15-6-8-16(9-7-15)24-12-10-21-14-24/h3-12,14,22H,2,13H2,1H3. The van der Waals surface area contributed by atoms with E-state index in [1.54, 1.807) is 19.4 Å². The van der Waals surface area contributed by atoms with Crippen molar-refractivity contribution >= 4 is 17.4 Å². The maximum absolute atomic E-state index is 11.8. The molecule has 3 heterocycles. The number of hydrogen-bond acceptors (Lipinski definition) is 5. The van der Waals surface area contributed by atoms with Crippen LogP contribution in [0.15, 0.2) is 67.4 Å². The largest absolute Gasteiger partial charge is 0.465 e. The first-order valence-corrected chi connectivity index (χ1v) is 8.71. The summed E-state index contributed by atoms with van der Waals surface area (Å²) in [5.74, 6) is 0.457. The third-order valence-electron chi connectivity index (χ3n) is 4.18. The maximum atomic E-state index is 11.8. The highest BCUT2D eigenvalue weighted by atomic mass is 16.5. The Bertz CT molecular complexity index is 1050. The molecule has 1 N–H and O–H groups in total. The van der Waals surface area contributed by atoms with Gasteiger partial charge in [-0.1, -0.05) is 18.2 Å². The van der Waals surface area contributed by atoms with E-state index in [-0.39, 0.29) is 12.5 Å². The third-order valence-corrected chi connectivity index (χ3v) is 4.18. The molecular formula is C20H19N5O2. The van der Waals surface area contributed by atoms with E-state index < -0.39 is 0 Å². The molecule has 0 radical (unpaired) electrons. The Morgan fingerprint density at radius 3 is 2.74 bits per heavy atom. The highest BCUT2D eigenvalue weighted by Gasteiger charge is 2.15. The minimum Gasteiger partial charge on any atom is -0.465 e. The van der Waals surface area contributed by atoms with Gasteiger partial charge in [0, 0.05) is 29.8 Å². The molecule has 0 aliphatic carbocycles. The van der Waals surface area contributed by atoms with Crippen molar-refractivity contribution in [2.45, 2.75) is 6.92 Å². The SMILES string of the molecule is CCOC(=O)CNc1c(-c2ccc(-n3ccnc3)cc2)nc2ccccn12. The summed E-state index contributed by atoms with van der Waals surface area (Å²) in [7, 11) is 0. The van der Waals surface area contributed by atoms with Crippen molar-refractivity contribution in [1.29, 1.82) is 0 Å². The summed E-state index contributed by atoms with van der Waals surface area (Å²) in [6, 6.07) is 13.8. The molecule has 7 nitrogen and oxygen atoms in total. The third kappa shape index (κ3) is 3.39. The highest BCUT2D eigenvalue weighted by molar-refractivity contribution is 5.81. The zero-order valence-electron chi connectivity index (χ0n) is 14.9. The van der Waals surface area contributed by atoms with E-state index in [0.29, 0.717) is 6.61 Å². The van der Waals surface area contributed by atoms with Crippen molar-refractivity contribution in [3.05, 3.63) is 67.4 Å². The van der Waals surface area contributed by atoms with Gasteiger partial charge in [-0.2, -0.15) is 0 Å². The fourth-order valence-corrected chi connectivity index (χ4v) is 2.94. The van der Waals surface area contributed by atoms with Crippen molar-refractivity contribution in [3.63, 3.8) is 0 Å². The molecule has 0 saturated heterocycles. The number of anilines is 1. The lowest BCUT2D eigenvalue weighted by Crippen LogP contribution is -2.17. The topological polar surface area (TPSA) is 73.4 Å². The van der Waals surface area contributed by atoms with Crippen LogP contribution in [0.3, 0.4) is 0 Å². The van der Waals surface area contributed by atoms with Crippen molar-refractivity contribution < 1.29 is 9.53 Å². The Kier molecular flexibility index (Phi) is 4.57. The lowest BCUT2D eigenvalue weighted by Gasteiger charge is -2.09. The monoisotopic (exact) mass is 361 g/mol. The summed E-state index contributed by atoms with van der Waals surface area (Å²) in [4.78, 5) is 20.6. The summed E-state index contributed by atoms with van der Waals surface area (Å²) in [5.41, 5.74) is 3.55. The number of fused-ring (bicyclic) bond motifs is 1. The number of rotatable bonds is 6. The summed E-state index contributed by atoms with van der Waals surface area (Å²) in [6.07, 6.45) is 7.31. The number of carbonyl (C=O) groups excluding carboxylic acids is 1. The van der Waals surface area contributed by atoms with E-state index >= 15 is 0 Å². The molecule has 0 aliphatic heterocycles. The van der Waals surface area contributed by atoms with Crippen LogP contribution < -0.4 is 5.32 Å². The van der Waals surface area contributed by atoms with E-state index in [4.69, 9.17) is 9.72 Å². The second-order valence-electron chi connectivity index (χ2n) is 5.91. The van der Waals surface area contributed by atoms with Crippen LogP contribution in [-0.2, 0) is 9.53 Å². The fourth-order valence-electron chi connectivity index (χ4n) is 2.94. The molecule has 136 valence electrons. The number of benzene rings is 1. The number of nitrogens with zero attached hydrogens (tertiary/aromatic N) is 4. The molecular weight excluding hydrogens is 342 g/mol. The first-order valence-electron chi connectivity index (χ1n) is 8.71. The van der Waals surface area contributed by atoms with E-state index in [9.17, 15) is 4.79 Å². The zero-order chi connectivity index (χ0) is 18.6. The lowest BCUT2D eigenvalue weighted by molar-refractivity contribution is -0.140. The van der Waals surface area contributed by atoms with Crippen LogP contribution in [0.25, 0.3) is 22.6 Å². The second kappa shape index (κ2) is 7.33. The van der Waals surface area contributed by atoms with E-state index in [0.717, 1.165) is 28.4 Å².